The van der Waals surface area contributed by atoms with E-state index in [9.17, 15) is 15.0 Å². The Morgan fingerprint density at radius 1 is 1.26 bits per heavy atom. The van der Waals surface area contributed by atoms with Crippen LogP contribution in [0.15, 0.2) is 22.7 Å². The number of ether oxygens (including phenoxy) is 1. The van der Waals surface area contributed by atoms with Crippen LogP contribution in [-0.4, -0.2) is 71.0 Å². The number of carboxylic acid groups (broad SMARTS) is 1. The molecule has 1 saturated carbocycles. The second-order valence-corrected chi connectivity index (χ2v) is 11.1. The summed E-state index contributed by atoms with van der Waals surface area (Å²) in [5.74, 6) is 0.744. The minimum Gasteiger partial charge on any atom is -0.496 e. The molecular weight excluding hydrogens is 460 g/mol. The van der Waals surface area contributed by atoms with Gasteiger partial charge < -0.3 is 19.8 Å². The first-order valence-corrected chi connectivity index (χ1v) is 12.1. The molecule has 2 N–H and O–H groups in total. The lowest BCUT2D eigenvalue weighted by Gasteiger charge is -2.48. The van der Waals surface area contributed by atoms with Gasteiger partial charge in [-0.25, -0.2) is 4.79 Å². The van der Waals surface area contributed by atoms with Crippen molar-refractivity contribution in [3.05, 3.63) is 28.2 Å². The molecule has 31 heavy (non-hydrogen) atoms. The topological polar surface area (TPSA) is 73.2 Å². The summed E-state index contributed by atoms with van der Waals surface area (Å²) < 4.78 is 6.29. The molecule has 0 bridgehead atoms. The summed E-state index contributed by atoms with van der Waals surface area (Å²) in [5, 5.41) is 21.4. The van der Waals surface area contributed by atoms with Gasteiger partial charge in [-0.15, -0.1) is 0 Å². The molecular formula is C24H37BrN2O4. The molecule has 0 aromatic heterocycles. The van der Waals surface area contributed by atoms with Gasteiger partial charge in [0, 0.05) is 32.1 Å². The molecule has 2 aliphatic rings. The van der Waals surface area contributed by atoms with Gasteiger partial charge in [-0.3, -0.25) is 4.90 Å². The van der Waals surface area contributed by atoms with Crippen LogP contribution in [-0.2, 0) is 0 Å². The molecule has 0 radical (unpaired) electrons. The standard InChI is InChI=1S/C24H37BrN2O4/c1-23(2,3)21-16-26(12-13-27(21)22(28)29)15-18(24(30)10-6-5-7-11-24)17-8-9-20(31-4)19(25)14-17/h8-9,14,18,21,30H,5-7,10-13,15-16H2,1-4H3,(H,28,29). The Labute approximate surface area is 194 Å². The van der Waals surface area contributed by atoms with Gasteiger partial charge in [-0.2, -0.15) is 0 Å². The fourth-order valence-electron chi connectivity index (χ4n) is 5.23. The van der Waals surface area contributed by atoms with Crippen LogP contribution < -0.4 is 4.74 Å². The largest absolute Gasteiger partial charge is 0.496 e. The molecule has 1 heterocycles. The average molecular weight is 497 g/mol. The highest BCUT2D eigenvalue weighted by molar-refractivity contribution is 9.10. The van der Waals surface area contributed by atoms with Crippen molar-refractivity contribution in [2.75, 3.05) is 33.3 Å². The number of halogens is 1. The first-order valence-electron chi connectivity index (χ1n) is 11.3. The van der Waals surface area contributed by atoms with Crippen LogP contribution >= 0.6 is 15.9 Å². The SMILES string of the molecule is COc1ccc(C(CN2CCN(C(=O)O)C(C(C)(C)C)C2)C2(O)CCCCC2)cc1Br. The van der Waals surface area contributed by atoms with Crippen molar-refractivity contribution < 1.29 is 19.7 Å². The Morgan fingerprint density at radius 3 is 2.48 bits per heavy atom. The molecule has 2 atom stereocenters. The van der Waals surface area contributed by atoms with E-state index in [4.69, 9.17) is 4.74 Å². The number of carbonyl (C=O) groups is 1. The lowest BCUT2D eigenvalue weighted by atomic mass is 9.72. The molecule has 174 valence electrons. The zero-order chi connectivity index (χ0) is 22.8. The van der Waals surface area contributed by atoms with Crippen LogP contribution in [0.3, 0.4) is 0 Å². The Bertz CT molecular complexity index is 773. The molecule has 2 fully saturated rings. The van der Waals surface area contributed by atoms with Crippen molar-refractivity contribution in [1.29, 1.82) is 0 Å². The second kappa shape index (κ2) is 9.67. The van der Waals surface area contributed by atoms with Gasteiger partial charge in [-0.1, -0.05) is 46.1 Å². The minimum absolute atomic E-state index is 0.0352. The molecule has 1 amide bonds. The zero-order valence-corrected chi connectivity index (χ0v) is 20.8. The summed E-state index contributed by atoms with van der Waals surface area (Å²) >= 11 is 3.61. The van der Waals surface area contributed by atoms with Crippen molar-refractivity contribution in [2.45, 2.75) is 70.4 Å². The van der Waals surface area contributed by atoms with Gasteiger partial charge >= 0.3 is 6.09 Å². The number of nitrogens with zero attached hydrogens (tertiary/aromatic N) is 2. The maximum absolute atomic E-state index is 11.8. The molecule has 3 rings (SSSR count). The van der Waals surface area contributed by atoms with Gasteiger partial charge in [-0.05, 0) is 51.9 Å². The van der Waals surface area contributed by atoms with Gasteiger partial charge in [0.05, 0.1) is 23.2 Å². The van der Waals surface area contributed by atoms with E-state index in [0.29, 0.717) is 19.6 Å². The summed E-state index contributed by atoms with van der Waals surface area (Å²) in [6.45, 7) is 8.88. The van der Waals surface area contributed by atoms with E-state index in [1.807, 2.05) is 6.07 Å². The second-order valence-electron chi connectivity index (χ2n) is 10.2. The van der Waals surface area contributed by atoms with Crippen molar-refractivity contribution in [3.8, 4) is 5.75 Å². The van der Waals surface area contributed by atoms with Gasteiger partial charge in [0.2, 0.25) is 0 Å². The maximum atomic E-state index is 11.8. The fourth-order valence-corrected chi connectivity index (χ4v) is 5.79. The summed E-state index contributed by atoms with van der Waals surface area (Å²) in [6, 6.07) is 6.02. The number of piperazine rings is 1. The molecule has 1 aromatic carbocycles. The summed E-state index contributed by atoms with van der Waals surface area (Å²) in [7, 11) is 1.65. The highest BCUT2D eigenvalue weighted by Crippen LogP contribution is 2.42. The number of amides is 1. The van der Waals surface area contributed by atoms with E-state index in [0.717, 1.165) is 48.0 Å². The minimum atomic E-state index is -0.846. The van der Waals surface area contributed by atoms with E-state index in [-0.39, 0.29) is 17.4 Å². The predicted octanol–water partition coefficient (Wildman–Crippen LogP) is 4.95. The summed E-state index contributed by atoms with van der Waals surface area (Å²) in [6.07, 6.45) is 4.02. The number of hydrogen-bond donors (Lipinski definition) is 2. The number of rotatable bonds is 5. The number of methoxy groups -OCH3 is 1. The Balaban J connectivity index is 1.88. The molecule has 1 aromatic rings. The molecule has 0 spiro atoms. The summed E-state index contributed by atoms with van der Waals surface area (Å²) in [4.78, 5) is 15.7. The van der Waals surface area contributed by atoms with E-state index in [2.05, 4.69) is 53.7 Å². The highest BCUT2D eigenvalue weighted by atomic mass is 79.9. The van der Waals surface area contributed by atoms with Crippen LogP contribution in [0.4, 0.5) is 4.79 Å². The molecule has 7 heteroatoms. The van der Waals surface area contributed by atoms with Gasteiger partial charge in [0.25, 0.3) is 0 Å². The third-order valence-corrected chi connectivity index (χ3v) is 7.72. The lowest BCUT2D eigenvalue weighted by molar-refractivity contribution is -0.0420. The molecule has 1 saturated heterocycles. The number of hydrogen-bond acceptors (Lipinski definition) is 4. The van der Waals surface area contributed by atoms with Crippen molar-refractivity contribution in [2.24, 2.45) is 5.41 Å². The van der Waals surface area contributed by atoms with Crippen molar-refractivity contribution >= 4 is 22.0 Å². The highest BCUT2D eigenvalue weighted by Gasteiger charge is 2.43. The zero-order valence-electron chi connectivity index (χ0n) is 19.2. The van der Waals surface area contributed by atoms with Crippen LogP contribution in [0.25, 0.3) is 0 Å². The van der Waals surface area contributed by atoms with Crippen LogP contribution in [0.1, 0.15) is 64.4 Å². The molecule has 2 unspecified atom stereocenters. The van der Waals surface area contributed by atoms with E-state index < -0.39 is 11.7 Å². The van der Waals surface area contributed by atoms with Crippen LogP contribution in [0, 0.1) is 5.41 Å². The van der Waals surface area contributed by atoms with E-state index >= 15 is 0 Å². The summed E-state index contributed by atoms with van der Waals surface area (Å²) in [5.41, 5.74) is 0.204. The molecule has 1 aliphatic heterocycles. The van der Waals surface area contributed by atoms with Gasteiger partial charge in [0.15, 0.2) is 0 Å². The Kier molecular flexibility index (Phi) is 7.59. The molecule has 6 nitrogen and oxygen atoms in total. The van der Waals surface area contributed by atoms with Crippen LogP contribution in [0.2, 0.25) is 0 Å². The lowest BCUT2D eigenvalue weighted by Crippen LogP contribution is -2.60. The smallest absolute Gasteiger partial charge is 0.407 e. The quantitative estimate of drug-likeness (QED) is 0.603. The van der Waals surface area contributed by atoms with Crippen molar-refractivity contribution in [1.82, 2.24) is 9.80 Å². The van der Waals surface area contributed by atoms with Gasteiger partial charge in [0.1, 0.15) is 5.75 Å². The predicted molar refractivity (Wildman–Crippen MR) is 126 cm³/mol. The number of benzene rings is 1. The first-order chi connectivity index (χ1) is 14.5. The Hall–Kier alpha value is -1.31. The maximum Gasteiger partial charge on any atom is 0.407 e. The van der Waals surface area contributed by atoms with E-state index in [1.54, 1.807) is 12.0 Å². The van der Waals surface area contributed by atoms with Crippen LogP contribution in [0.5, 0.6) is 5.75 Å². The number of aliphatic hydroxyl groups is 1. The van der Waals surface area contributed by atoms with E-state index in [1.165, 1.54) is 6.42 Å². The normalized spacial score (nSPS) is 23.4. The fraction of sp³-hybridized carbons (Fsp3) is 0.708. The first kappa shape index (κ1) is 24.3. The average Bonchev–Trinajstić information content (AvgIpc) is 2.71. The molecule has 1 aliphatic carbocycles. The third-order valence-electron chi connectivity index (χ3n) is 7.10. The third kappa shape index (κ3) is 5.55. The Morgan fingerprint density at radius 2 is 1.94 bits per heavy atom. The monoisotopic (exact) mass is 496 g/mol. The van der Waals surface area contributed by atoms with Crippen molar-refractivity contribution in [3.63, 3.8) is 0 Å².